The molecule has 0 unspecified atom stereocenters. The summed E-state index contributed by atoms with van der Waals surface area (Å²) in [5.41, 5.74) is 4.96. The van der Waals surface area contributed by atoms with Crippen LogP contribution in [-0.4, -0.2) is 15.6 Å². The Morgan fingerprint density at radius 3 is 2.69 bits per heavy atom. The van der Waals surface area contributed by atoms with Crippen molar-refractivity contribution >= 4 is 49.9 Å². The Bertz CT molecular complexity index is 1530. The molecule has 0 saturated heterocycles. The minimum atomic E-state index is -0.855. The lowest BCUT2D eigenvalue weighted by Crippen LogP contribution is -2.07. The maximum absolute atomic E-state index is 11.8. The molecule has 1 N–H and O–H groups in total. The zero-order chi connectivity index (χ0) is 24.4. The lowest BCUT2D eigenvalue weighted by atomic mass is 10.0. The number of carboxylic acid groups (broad SMARTS) is 1. The van der Waals surface area contributed by atoms with E-state index in [9.17, 15) is 9.90 Å². The van der Waals surface area contributed by atoms with Crippen LogP contribution in [0.1, 0.15) is 22.4 Å². The van der Waals surface area contributed by atoms with E-state index in [2.05, 4.69) is 16.5 Å². The van der Waals surface area contributed by atoms with Gasteiger partial charge in [0.25, 0.3) is 0 Å². The lowest BCUT2D eigenvalue weighted by molar-refractivity contribution is -0.136. The van der Waals surface area contributed by atoms with Crippen molar-refractivity contribution in [3.63, 3.8) is 0 Å². The Kier molecular flexibility index (Phi) is 6.62. The number of thiophene rings is 1. The third kappa shape index (κ3) is 4.83. The first-order valence-electron chi connectivity index (χ1n) is 11.3. The topological polar surface area (TPSA) is 51.5 Å². The molecule has 5 aromatic rings. The molecule has 35 heavy (non-hydrogen) atoms. The number of carbonyl (C=O) groups is 1. The highest BCUT2D eigenvalue weighted by atomic mass is 35.5. The molecule has 2 heterocycles. The van der Waals surface area contributed by atoms with Crippen LogP contribution in [0.3, 0.4) is 0 Å². The molecule has 0 aliphatic carbocycles. The average Bonchev–Trinajstić information content (AvgIpc) is 3.37. The molecule has 0 atom stereocenters. The van der Waals surface area contributed by atoms with Gasteiger partial charge in [-0.1, -0.05) is 48.0 Å². The molecule has 6 heteroatoms. The molecule has 0 bridgehead atoms. The summed E-state index contributed by atoms with van der Waals surface area (Å²) in [4.78, 5) is 11.8. The first kappa shape index (κ1) is 23.2. The largest absolute Gasteiger partial charge is 0.489 e. The fourth-order valence-corrected chi connectivity index (χ4v) is 5.66. The minimum absolute atomic E-state index is 0.0526. The molecule has 2 aromatic heterocycles. The van der Waals surface area contributed by atoms with Gasteiger partial charge in [-0.2, -0.15) is 0 Å². The van der Waals surface area contributed by atoms with Gasteiger partial charge >= 0.3 is 5.97 Å². The Labute approximate surface area is 212 Å². The van der Waals surface area contributed by atoms with E-state index in [0.29, 0.717) is 24.6 Å². The van der Waals surface area contributed by atoms with Gasteiger partial charge in [-0.3, -0.25) is 4.79 Å². The van der Waals surface area contributed by atoms with Crippen molar-refractivity contribution in [3.8, 4) is 5.75 Å². The molecule has 0 fully saturated rings. The molecule has 0 saturated carbocycles. The zero-order valence-electron chi connectivity index (χ0n) is 19.0. The third-order valence-electron chi connectivity index (χ3n) is 6.12. The molecule has 3 aromatic carbocycles. The quantitative estimate of drug-likeness (QED) is 0.213. The number of benzene rings is 3. The summed E-state index contributed by atoms with van der Waals surface area (Å²) in [6, 6.07) is 21.8. The van der Waals surface area contributed by atoms with Gasteiger partial charge in [0.1, 0.15) is 12.4 Å². The van der Waals surface area contributed by atoms with Crippen LogP contribution < -0.4 is 4.74 Å². The molecule has 5 rings (SSSR count). The fourth-order valence-electron chi connectivity index (χ4n) is 4.54. The Balaban J connectivity index is 1.60. The normalized spacial score (nSPS) is 11.2. The van der Waals surface area contributed by atoms with Crippen molar-refractivity contribution in [3.05, 3.63) is 112 Å². The van der Waals surface area contributed by atoms with Crippen LogP contribution in [0.2, 0.25) is 5.02 Å². The Morgan fingerprint density at radius 1 is 1.09 bits per heavy atom. The van der Waals surface area contributed by atoms with Crippen molar-refractivity contribution in [1.29, 1.82) is 0 Å². The smallest absolute Gasteiger partial charge is 0.307 e. The Morgan fingerprint density at radius 2 is 1.91 bits per heavy atom. The van der Waals surface area contributed by atoms with Crippen LogP contribution in [-0.2, 0) is 30.8 Å². The number of aromatic nitrogens is 1. The van der Waals surface area contributed by atoms with Crippen LogP contribution in [0.15, 0.2) is 84.8 Å². The van der Waals surface area contributed by atoms with Gasteiger partial charge in [-0.05, 0) is 57.8 Å². The van der Waals surface area contributed by atoms with E-state index in [-0.39, 0.29) is 6.42 Å². The van der Waals surface area contributed by atoms with E-state index in [1.54, 1.807) is 11.3 Å². The predicted molar refractivity (Wildman–Crippen MR) is 144 cm³/mol. The number of halogens is 1. The van der Waals surface area contributed by atoms with Crippen molar-refractivity contribution < 1.29 is 14.6 Å². The fraction of sp³-hybridized carbons (Fsp3) is 0.138. The second-order valence-corrected chi connectivity index (χ2v) is 9.77. The van der Waals surface area contributed by atoms with E-state index < -0.39 is 5.97 Å². The molecule has 0 spiro atoms. The molecule has 0 aliphatic heterocycles. The van der Waals surface area contributed by atoms with Crippen molar-refractivity contribution in [1.82, 2.24) is 4.57 Å². The molecule has 0 aliphatic rings. The van der Waals surface area contributed by atoms with Crippen molar-refractivity contribution in [2.45, 2.75) is 26.0 Å². The average molecular weight is 502 g/mol. The number of hydrogen-bond acceptors (Lipinski definition) is 3. The van der Waals surface area contributed by atoms with Gasteiger partial charge in [0, 0.05) is 39.8 Å². The summed E-state index contributed by atoms with van der Waals surface area (Å²) in [6.45, 7) is 4.98. The van der Waals surface area contributed by atoms with Gasteiger partial charge in [0.2, 0.25) is 0 Å². The van der Waals surface area contributed by atoms with Gasteiger partial charge in [0.05, 0.1) is 11.9 Å². The third-order valence-corrected chi connectivity index (χ3v) is 7.37. The van der Waals surface area contributed by atoms with Gasteiger partial charge in [-0.25, -0.2) is 0 Å². The van der Waals surface area contributed by atoms with Crippen LogP contribution in [0, 0.1) is 0 Å². The maximum Gasteiger partial charge on any atom is 0.307 e. The summed E-state index contributed by atoms with van der Waals surface area (Å²) >= 11 is 7.95. The van der Waals surface area contributed by atoms with E-state index >= 15 is 0 Å². The van der Waals surface area contributed by atoms with E-state index in [1.165, 1.54) is 0 Å². The number of nitrogens with zero attached hydrogens (tertiary/aromatic N) is 1. The second kappa shape index (κ2) is 9.98. The number of carboxylic acids is 1. The molecular formula is C29H24ClNO3S. The molecule has 4 nitrogen and oxygen atoms in total. The highest BCUT2D eigenvalue weighted by Crippen LogP contribution is 2.35. The summed E-state index contributed by atoms with van der Waals surface area (Å²) in [6.07, 6.45) is 2.39. The number of rotatable bonds is 9. The summed E-state index contributed by atoms with van der Waals surface area (Å²) in [5.74, 6) is -0.114. The van der Waals surface area contributed by atoms with Gasteiger partial charge < -0.3 is 14.4 Å². The maximum atomic E-state index is 11.8. The first-order chi connectivity index (χ1) is 17.0. The lowest BCUT2D eigenvalue weighted by Gasteiger charge is -2.11. The van der Waals surface area contributed by atoms with E-state index in [1.807, 2.05) is 72.8 Å². The zero-order valence-corrected chi connectivity index (χ0v) is 20.6. The number of hydrogen-bond donors (Lipinski definition) is 1. The Hall–Kier alpha value is -3.54. The summed E-state index contributed by atoms with van der Waals surface area (Å²) in [7, 11) is 0. The van der Waals surface area contributed by atoms with Crippen LogP contribution in [0.5, 0.6) is 5.75 Å². The molecule has 176 valence electrons. The van der Waals surface area contributed by atoms with Crippen LogP contribution >= 0.6 is 22.9 Å². The number of fused-ring (bicyclic) bond motifs is 2. The van der Waals surface area contributed by atoms with Crippen molar-refractivity contribution in [2.75, 3.05) is 0 Å². The SMILES string of the molecule is C=CCn1c(Cc2csc3ccc(Cl)cc23)c(CC(=O)O)c2ccc(OCc3ccccc3)cc21. The number of aliphatic carboxylic acids is 1. The monoisotopic (exact) mass is 501 g/mol. The molecule has 0 amide bonds. The molecular weight excluding hydrogens is 478 g/mol. The number of ether oxygens (including phenoxy) is 1. The van der Waals surface area contributed by atoms with Gasteiger partial charge in [-0.15, -0.1) is 17.9 Å². The highest BCUT2D eigenvalue weighted by molar-refractivity contribution is 7.17. The van der Waals surface area contributed by atoms with E-state index in [0.717, 1.165) is 49.1 Å². The first-order valence-corrected chi connectivity index (χ1v) is 12.6. The van der Waals surface area contributed by atoms with Crippen LogP contribution in [0.4, 0.5) is 0 Å². The number of allylic oxidation sites excluding steroid dienone is 1. The van der Waals surface area contributed by atoms with Gasteiger partial charge in [0.15, 0.2) is 0 Å². The predicted octanol–water partition coefficient (Wildman–Crippen LogP) is 7.49. The minimum Gasteiger partial charge on any atom is -0.489 e. The van der Waals surface area contributed by atoms with E-state index in [4.69, 9.17) is 16.3 Å². The summed E-state index contributed by atoms with van der Waals surface area (Å²) in [5, 5.41) is 14.6. The second-order valence-electron chi connectivity index (χ2n) is 8.43. The highest BCUT2D eigenvalue weighted by Gasteiger charge is 2.21. The molecule has 0 radical (unpaired) electrons. The van der Waals surface area contributed by atoms with Crippen LogP contribution in [0.25, 0.3) is 21.0 Å². The standard InChI is InChI=1S/C29H24ClNO3S/c1-2-12-31-26(13-20-18-35-28-11-8-21(30)14-24(20)28)25(16-29(32)33)23-10-9-22(15-27(23)31)34-17-19-6-4-3-5-7-19/h2-11,14-15,18H,1,12-13,16-17H2,(H,32,33). The summed E-state index contributed by atoms with van der Waals surface area (Å²) < 4.78 is 9.39. The van der Waals surface area contributed by atoms with Crippen molar-refractivity contribution in [2.24, 2.45) is 0 Å².